The van der Waals surface area contributed by atoms with E-state index in [1.54, 1.807) is 19.1 Å². The molecule has 0 unspecified atom stereocenters. The van der Waals surface area contributed by atoms with Crippen LogP contribution in [0.5, 0.6) is 5.75 Å². The summed E-state index contributed by atoms with van der Waals surface area (Å²) >= 11 is 0. The van der Waals surface area contributed by atoms with Crippen LogP contribution in [0.3, 0.4) is 0 Å². The summed E-state index contributed by atoms with van der Waals surface area (Å²) in [7, 11) is 1.46. The van der Waals surface area contributed by atoms with Gasteiger partial charge < -0.3 is 9.15 Å². The molecule has 3 rings (SSSR count). The largest absolute Gasteiger partial charge is 0.486 e. The van der Waals surface area contributed by atoms with E-state index in [-0.39, 0.29) is 29.8 Å². The Bertz CT molecular complexity index is 878. The number of rotatable bonds is 4. The predicted octanol–water partition coefficient (Wildman–Crippen LogP) is 1.80. The molecule has 0 aliphatic carbocycles. The average molecular weight is 299 g/mol. The maximum absolute atomic E-state index is 12.3. The van der Waals surface area contributed by atoms with E-state index < -0.39 is 5.56 Å². The van der Waals surface area contributed by atoms with Crippen LogP contribution < -0.4 is 10.3 Å². The van der Waals surface area contributed by atoms with Gasteiger partial charge in [0.2, 0.25) is 11.6 Å². The quantitative estimate of drug-likeness (QED) is 0.683. The van der Waals surface area contributed by atoms with E-state index >= 15 is 0 Å². The summed E-state index contributed by atoms with van der Waals surface area (Å²) in [6, 6.07) is 7.18. The Morgan fingerprint density at radius 3 is 2.77 bits per heavy atom. The summed E-state index contributed by atoms with van der Waals surface area (Å²) in [5.41, 5.74) is 0.865. The molecule has 7 heteroatoms. The Labute approximate surface area is 125 Å². The van der Waals surface area contributed by atoms with Gasteiger partial charge in [-0.05, 0) is 19.1 Å². The van der Waals surface area contributed by atoms with Gasteiger partial charge in [-0.25, -0.2) is 9.97 Å². The van der Waals surface area contributed by atoms with Crippen molar-refractivity contribution in [1.29, 1.82) is 0 Å². The highest BCUT2D eigenvalue weighted by atomic mass is 16.5. The van der Waals surface area contributed by atoms with Crippen LogP contribution >= 0.6 is 0 Å². The van der Waals surface area contributed by atoms with Crippen LogP contribution in [0.2, 0.25) is 0 Å². The third kappa shape index (κ3) is 2.16. The summed E-state index contributed by atoms with van der Waals surface area (Å²) in [5.74, 6) is 0.137. The molecular weight excluding hydrogens is 286 g/mol. The van der Waals surface area contributed by atoms with Gasteiger partial charge in [0.15, 0.2) is 23.4 Å². The molecule has 0 spiro atoms. The minimum Gasteiger partial charge on any atom is -0.486 e. The van der Waals surface area contributed by atoms with Gasteiger partial charge in [-0.2, -0.15) is 0 Å². The Kier molecular flexibility index (Phi) is 3.46. The zero-order valence-corrected chi connectivity index (χ0v) is 12.1. The number of hydrogen-bond acceptors (Lipinski definition) is 6. The van der Waals surface area contributed by atoms with Gasteiger partial charge in [-0.15, -0.1) is 0 Å². The van der Waals surface area contributed by atoms with E-state index in [1.165, 1.54) is 7.05 Å². The first-order valence-corrected chi connectivity index (χ1v) is 6.70. The lowest BCUT2D eigenvalue weighted by Gasteiger charge is -2.09. The second kappa shape index (κ2) is 5.44. The molecule has 7 nitrogen and oxygen atoms in total. The number of fused-ring (bicyclic) bond motifs is 1. The summed E-state index contributed by atoms with van der Waals surface area (Å²) in [6.45, 7) is 2.04. The molecule has 3 aromatic rings. The summed E-state index contributed by atoms with van der Waals surface area (Å²) in [6.07, 6.45) is 0.503. The number of para-hydroxylation sites is 2. The Morgan fingerprint density at radius 2 is 2.09 bits per heavy atom. The van der Waals surface area contributed by atoms with E-state index in [0.717, 1.165) is 4.57 Å². The van der Waals surface area contributed by atoms with E-state index in [0.29, 0.717) is 17.4 Å². The van der Waals surface area contributed by atoms with Crippen LogP contribution in [0.15, 0.2) is 33.5 Å². The van der Waals surface area contributed by atoms with E-state index in [2.05, 4.69) is 9.97 Å². The van der Waals surface area contributed by atoms with E-state index in [1.807, 2.05) is 12.1 Å². The van der Waals surface area contributed by atoms with Crippen LogP contribution in [0.25, 0.3) is 22.7 Å². The van der Waals surface area contributed by atoms with Crippen LogP contribution in [0.4, 0.5) is 0 Å². The second-order valence-electron chi connectivity index (χ2n) is 4.55. The number of nitrogens with zero attached hydrogens (tertiary/aromatic N) is 3. The maximum Gasteiger partial charge on any atom is 0.296 e. The number of aromatic nitrogens is 3. The van der Waals surface area contributed by atoms with Crippen molar-refractivity contribution in [2.75, 3.05) is 6.61 Å². The fraction of sp³-hybridized carbons (Fsp3) is 0.200. The van der Waals surface area contributed by atoms with E-state index in [9.17, 15) is 9.59 Å². The molecule has 0 bridgehead atoms. The molecule has 112 valence electrons. The monoisotopic (exact) mass is 299 g/mol. The predicted molar refractivity (Wildman–Crippen MR) is 79.0 cm³/mol. The summed E-state index contributed by atoms with van der Waals surface area (Å²) in [5, 5.41) is 0. The minimum atomic E-state index is -0.462. The Hall–Kier alpha value is -2.96. The molecule has 22 heavy (non-hydrogen) atoms. The Balaban J connectivity index is 2.30. The third-order valence-electron chi connectivity index (χ3n) is 3.17. The molecule has 2 heterocycles. The molecular formula is C15H13N3O4. The fourth-order valence-corrected chi connectivity index (χ4v) is 2.10. The lowest BCUT2D eigenvalue weighted by Crippen LogP contribution is -2.25. The minimum absolute atomic E-state index is 0.0159. The van der Waals surface area contributed by atoms with Crippen molar-refractivity contribution in [3.05, 3.63) is 40.4 Å². The van der Waals surface area contributed by atoms with Crippen LogP contribution in [0, 0.1) is 0 Å². The molecule has 0 amide bonds. The first-order valence-electron chi connectivity index (χ1n) is 6.70. The standard InChI is InChI=1S/C15H13N3O4/c1-3-21-13-12(17-11(8-19)18(2)15(13)20)14-16-9-6-4-5-7-10(9)22-14/h4-8H,3H2,1-2H3. The van der Waals surface area contributed by atoms with Gasteiger partial charge in [0.1, 0.15) is 5.52 Å². The molecule has 1 aromatic carbocycles. The number of hydrogen-bond donors (Lipinski definition) is 0. The third-order valence-corrected chi connectivity index (χ3v) is 3.17. The number of carbonyl (C=O) groups excluding carboxylic acids is 1. The molecule has 0 saturated carbocycles. The molecule has 0 atom stereocenters. The lowest BCUT2D eigenvalue weighted by atomic mass is 10.3. The Morgan fingerprint density at radius 1 is 1.32 bits per heavy atom. The van der Waals surface area contributed by atoms with Crippen LogP contribution in [-0.4, -0.2) is 27.4 Å². The summed E-state index contributed by atoms with van der Waals surface area (Å²) < 4.78 is 12.1. The normalized spacial score (nSPS) is 10.8. The van der Waals surface area contributed by atoms with Gasteiger partial charge in [0.05, 0.1) is 6.61 Å². The van der Waals surface area contributed by atoms with Crippen molar-refractivity contribution >= 4 is 17.4 Å². The van der Waals surface area contributed by atoms with Crippen molar-refractivity contribution in [2.24, 2.45) is 7.05 Å². The van der Waals surface area contributed by atoms with Crippen LogP contribution in [0.1, 0.15) is 17.5 Å². The lowest BCUT2D eigenvalue weighted by molar-refractivity contribution is 0.111. The van der Waals surface area contributed by atoms with Gasteiger partial charge in [0.25, 0.3) is 5.56 Å². The van der Waals surface area contributed by atoms with Crippen molar-refractivity contribution in [1.82, 2.24) is 14.5 Å². The molecule has 0 saturated heterocycles. The topological polar surface area (TPSA) is 87.2 Å². The smallest absolute Gasteiger partial charge is 0.296 e. The van der Waals surface area contributed by atoms with Crippen molar-refractivity contribution in [2.45, 2.75) is 6.92 Å². The zero-order valence-electron chi connectivity index (χ0n) is 12.1. The highest BCUT2D eigenvalue weighted by Gasteiger charge is 2.21. The highest BCUT2D eigenvalue weighted by Crippen LogP contribution is 2.27. The average Bonchev–Trinajstić information content (AvgIpc) is 2.96. The van der Waals surface area contributed by atoms with Crippen molar-refractivity contribution in [3.63, 3.8) is 0 Å². The van der Waals surface area contributed by atoms with Gasteiger partial charge in [-0.1, -0.05) is 12.1 Å². The number of aldehydes is 1. The number of ether oxygens (including phenoxy) is 1. The number of oxazole rings is 1. The van der Waals surface area contributed by atoms with Gasteiger partial charge in [0, 0.05) is 7.05 Å². The highest BCUT2D eigenvalue weighted by molar-refractivity contribution is 5.77. The molecule has 0 radical (unpaired) electrons. The maximum atomic E-state index is 12.3. The van der Waals surface area contributed by atoms with Gasteiger partial charge >= 0.3 is 0 Å². The van der Waals surface area contributed by atoms with Crippen LogP contribution in [-0.2, 0) is 7.05 Å². The second-order valence-corrected chi connectivity index (χ2v) is 4.55. The van der Waals surface area contributed by atoms with Crippen molar-refractivity contribution < 1.29 is 13.9 Å². The molecule has 2 aromatic heterocycles. The van der Waals surface area contributed by atoms with Crippen molar-refractivity contribution in [3.8, 4) is 17.3 Å². The summed E-state index contributed by atoms with van der Waals surface area (Å²) in [4.78, 5) is 31.9. The van der Waals surface area contributed by atoms with E-state index in [4.69, 9.17) is 9.15 Å². The van der Waals surface area contributed by atoms with Gasteiger partial charge in [-0.3, -0.25) is 14.2 Å². The SMILES string of the molecule is CCOc1c(-c2nc3ccccc3o2)nc(C=O)n(C)c1=O. The number of carbonyl (C=O) groups is 1. The zero-order chi connectivity index (χ0) is 15.7. The first-order chi connectivity index (χ1) is 10.7. The molecule has 0 aliphatic rings. The molecule has 0 fully saturated rings. The number of benzene rings is 1. The first kappa shape index (κ1) is 14.0. The molecule has 0 N–H and O–H groups in total. The molecule has 0 aliphatic heterocycles. The fourth-order valence-electron chi connectivity index (χ4n) is 2.10.